The summed E-state index contributed by atoms with van der Waals surface area (Å²) in [7, 11) is -3.60. The number of nitrogens with two attached hydrogens (primary N) is 1. The Balaban J connectivity index is 1.80. The van der Waals surface area contributed by atoms with Crippen LogP contribution in [0.2, 0.25) is 0 Å². The van der Waals surface area contributed by atoms with E-state index in [1.165, 1.54) is 0 Å². The number of hydrogen-bond acceptors (Lipinski definition) is 4. The first-order valence-electron chi connectivity index (χ1n) is 7.89. The third-order valence-corrected chi connectivity index (χ3v) is 5.64. The van der Waals surface area contributed by atoms with Gasteiger partial charge < -0.3 is 11.1 Å². The van der Waals surface area contributed by atoms with Crippen LogP contribution >= 0.6 is 0 Å². The van der Waals surface area contributed by atoms with Gasteiger partial charge in [0.1, 0.15) is 0 Å². The lowest BCUT2D eigenvalue weighted by Crippen LogP contribution is -2.39. The van der Waals surface area contributed by atoms with Crippen LogP contribution in [0.1, 0.15) is 30.4 Å². The summed E-state index contributed by atoms with van der Waals surface area (Å²) in [6, 6.07) is 5.28. The van der Waals surface area contributed by atoms with E-state index in [1.807, 2.05) is 13.0 Å². The monoisotopic (exact) mass is 339 g/mol. The number of aryl methyl sites for hydroxylation is 2. The maximum absolute atomic E-state index is 12.3. The Bertz CT molecular complexity index is 669. The standard InChI is InChI=1S/C16H25N3O3S/c1-11-3-4-12(2)15(9-11)23(21,22)19-8-7-16(20)18-10-14(17)13-5-6-13/h3-4,9,13-14,19H,5-8,10,17H2,1-2H3,(H,18,20). The molecule has 1 aromatic rings. The quantitative estimate of drug-likeness (QED) is 0.653. The summed E-state index contributed by atoms with van der Waals surface area (Å²) in [5, 5.41) is 2.75. The maximum atomic E-state index is 12.3. The molecule has 0 spiro atoms. The molecule has 1 fully saturated rings. The predicted octanol–water partition coefficient (Wildman–Crippen LogP) is 0.825. The SMILES string of the molecule is Cc1ccc(C)c(S(=O)(=O)NCCC(=O)NCC(N)C2CC2)c1. The van der Waals surface area contributed by atoms with Crippen molar-refractivity contribution in [1.29, 1.82) is 0 Å². The van der Waals surface area contributed by atoms with Crippen molar-refractivity contribution in [3.8, 4) is 0 Å². The minimum atomic E-state index is -3.60. The Kier molecular flexibility index (Phi) is 5.78. The molecule has 1 saturated carbocycles. The normalized spacial score (nSPS) is 16.1. The maximum Gasteiger partial charge on any atom is 0.240 e. The van der Waals surface area contributed by atoms with Crippen molar-refractivity contribution in [2.24, 2.45) is 11.7 Å². The molecule has 128 valence electrons. The molecule has 1 unspecified atom stereocenters. The first-order valence-corrected chi connectivity index (χ1v) is 9.37. The molecule has 0 radical (unpaired) electrons. The minimum absolute atomic E-state index is 0.00517. The molecule has 0 heterocycles. The van der Waals surface area contributed by atoms with E-state index in [1.54, 1.807) is 19.1 Å². The third kappa shape index (κ3) is 5.30. The van der Waals surface area contributed by atoms with Crippen LogP contribution in [0.25, 0.3) is 0 Å². The first kappa shape index (κ1) is 17.9. The summed E-state index contributed by atoms with van der Waals surface area (Å²) in [5.74, 6) is 0.336. The highest BCUT2D eigenvalue weighted by Gasteiger charge is 2.28. The predicted molar refractivity (Wildman–Crippen MR) is 89.4 cm³/mol. The van der Waals surface area contributed by atoms with Crippen molar-refractivity contribution in [3.05, 3.63) is 29.3 Å². The van der Waals surface area contributed by atoms with Gasteiger partial charge in [-0.05, 0) is 49.8 Å². The van der Waals surface area contributed by atoms with Crippen LogP contribution in [0, 0.1) is 19.8 Å². The molecule has 0 bridgehead atoms. The molecule has 2 rings (SSSR count). The number of carbonyl (C=O) groups excluding carboxylic acids is 1. The Labute approximate surface area is 137 Å². The number of rotatable bonds is 8. The summed E-state index contributed by atoms with van der Waals surface area (Å²) in [4.78, 5) is 12.0. The van der Waals surface area contributed by atoms with Gasteiger partial charge in [0.15, 0.2) is 0 Å². The molecule has 1 aromatic carbocycles. The Morgan fingerprint density at radius 1 is 1.35 bits per heavy atom. The molecule has 1 amide bonds. The van der Waals surface area contributed by atoms with E-state index in [4.69, 9.17) is 5.73 Å². The largest absolute Gasteiger partial charge is 0.354 e. The molecule has 7 heteroatoms. The zero-order valence-electron chi connectivity index (χ0n) is 13.6. The zero-order chi connectivity index (χ0) is 17.0. The smallest absolute Gasteiger partial charge is 0.240 e. The Hall–Kier alpha value is -1.44. The lowest BCUT2D eigenvalue weighted by Gasteiger charge is -2.12. The van der Waals surface area contributed by atoms with E-state index in [2.05, 4.69) is 10.0 Å². The van der Waals surface area contributed by atoms with Crippen molar-refractivity contribution in [3.63, 3.8) is 0 Å². The number of amides is 1. The van der Waals surface area contributed by atoms with E-state index in [0.29, 0.717) is 18.0 Å². The fourth-order valence-electron chi connectivity index (χ4n) is 2.38. The van der Waals surface area contributed by atoms with E-state index in [-0.39, 0.29) is 29.8 Å². The average molecular weight is 339 g/mol. The van der Waals surface area contributed by atoms with Crippen LogP contribution < -0.4 is 15.8 Å². The van der Waals surface area contributed by atoms with Gasteiger partial charge in [-0.2, -0.15) is 0 Å². The van der Waals surface area contributed by atoms with Crippen LogP contribution in [0.15, 0.2) is 23.1 Å². The van der Waals surface area contributed by atoms with Crippen LogP contribution in [0.4, 0.5) is 0 Å². The minimum Gasteiger partial charge on any atom is -0.354 e. The van der Waals surface area contributed by atoms with E-state index in [9.17, 15) is 13.2 Å². The van der Waals surface area contributed by atoms with Gasteiger partial charge >= 0.3 is 0 Å². The van der Waals surface area contributed by atoms with Gasteiger partial charge in [0.2, 0.25) is 15.9 Å². The van der Waals surface area contributed by atoms with Crippen molar-refractivity contribution >= 4 is 15.9 Å². The van der Waals surface area contributed by atoms with Crippen molar-refractivity contribution in [2.45, 2.75) is 44.0 Å². The fraction of sp³-hybridized carbons (Fsp3) is 0.562. The molecule has 0 saturated heterocycles. The van der Waals surface area contributed by atoms with Crippen molar-refractivity contribution in [1.82, 2.24) is 10.0 Å². The number of hydrogen-bond donors (Lipinski definition) is 3. The van der Waals surface area contributed by atoms with Gasteiger partial charge in [0, 0.05) is 25.6 Å². The molecule has 4 N–H and O–H groups in total. The zero-order valence-corrected chi connectivity index (χ0v) is 14.4. The molecule has 23 heavy (non-hydrogen) atoms. The first-order chi connectivity index (χ1) is 10.8. The van der Waals surface area contributed by atoms with Crippen LogP contribution in [0.5, 0.6) is 0 Å². The summed E-state index contributed by atoms with van der Waals surface area (Å²) in [6.45, 7) is 4.11. The van der Waals surface area contributed by atoms with Crippen LogP contribution in [-0.2, 0) is 14.8 Å². The fourth-order valence-corrected chi connectivity index (χ4v) is 3.74. The number of sulfonamides is 1. The highest BCUT2D eigenvalue weighted by molar-refractivity contribution is 7.89. The van der Waals surface area contributed by atoms with Gasteiger partial charge in [0.25, 0.3) is 0 Å². The van der Waals surface area contributed by atoms with Crippen molar-refractivity contribution < 1.29 is 13.2 Å². The summed E-state index contributed by atoms with van der Waals surface area (Å²) in [6.07, 6.45) is 2.36. The second-order valence-corrected chi connectivity index (χ2v) is 7.96. The molecule has 1 aliphatic carbocycles. The summed E-state index contributed by atoms with van der Waals surface area (Å²) < 4.78 is 27.1. The van der Waals surface area contributed by atoms with E-state index < -0.39 is 10.0 Å². The second kappa shape index (κ2) is 7.42. The average Bonchev–Trinajstić information content (AvgIpc) is 3.31. The molecular formula is C16H25N3O3S. The molecular weight excluding hydrogens is 314 g/mol. The highest BCUT2D eigenvalue weighted by atomic mass is 32.2. The number of carbonyl (C=O) groups is 1. The van der Waals surface area contributed by atoms with Gasteiger partial charge in [-0.15, -0.1) is 0 Å². The molecule has 1 aliphatic rings. The van der Waals surface area contributed by atoms with E-state index in [0.717, 1.165) is 18.4 Å². The Morgan fingerprint density at radius 3 is 2.70 bits per heavy atom. The van der Waals surface area contributed by atoms with Gasteiger partial charge in [-0.25, -0.2) is 13.1 Å². The highest BCUT2D eigenvalue weighted by Crippen LogP contribution is 2.31. The Morgan fingerprint density at radius 2 is 2.04 bits per heavy atom. The lowest BCUT2D eigenvalue weighted by atomic mass is 10.2. The molecule has 0 aromatic heterocycles. The van der Waals surface area contributed by atoms with E-state index >= 15 is 0 Å². The molecule has 1 atom stereocenters. The third-order valence-electron chi connectivity index (χ3n) is 4.04. The summed E-state index contributed by atoms with van der Waals surface area (Å²) >= 11 is 0. The summed E-state index contributed by atoms with van der Waals surface area (Å²) in [5.41, 5.74) is 7.47. The molecule has 6 nitrogen and oxygen atoms in total. The van der Waals surface area contributed by atoms with Crippen LogP contribution in [0.3, 0.4) is 0 Å². The number of nitrogens with one attached hydrogen (secondary N) is 2. The van der Waals surface area contributed by atoms with Gasteiger partial charge in [-0.3, -0.25) is 4.79 Å². The second-order valence-electron chi connectivity index (χ2n) is 6.22. The van der Waals surface area contributed by atoms with Crippen molar-refractivity contribution in [2.75, 3.05) is 13.1 Å². The van der Waals surface area contributed by atoms with Gasteiger partial charge in [-0.1, -0.05) is 12.1 Å². The molecule has 0 aliphatic heterocycles. The number of benzene rings is 1. The van der Waals surface area contributed by atoms with Gasteiger partial charge in [0.05, 0.1) is 4.90 Å². The van der Waals surface area contributed by atoms with Crippen LogP contribution in [-0.4, -0.2) is 33.5 Å². The topological polar surface area (TPSA) is 101 Å². The lowest BCUT2D eigenvalue weighted by molar-refractivity contribution is -0.121.